The van der Waals surface area contributed by atoms with Crippen LogP contribution in [0.5, 0.6) is 5.75 Å². The maximum absolute atomic E-state index is 12.5. The number of methoxy groups -OCH3 is 1. The van der Waals surface area contributed by atoms with Crippen LogP contribution in [0, 0.1) is 0 Å². The van der Waals surface area contributed by atoms with Gasteiger partial charge in [-0.2, -0.15) is 0 Å². The van der Waals surface area contributed by atoms with Crippen molar-refractivity contribution >= 4 is 11.7 Å². The number of carbonyl (C=O) groups excluding carboxylic acids is 1. The highest BCUT2D eigenvalue weighted by Gasteiger charge is 2.23. The smallest absolute Gasteiger partial charge is 0.227 e. The highest BCUT2D eigenvalue weighted by atomic mass is 16.5. The molecule has 0 spiro atoms. The molecule has 0 aliphatic carbocycles. The zero-order valence-electron chi connectivity index (χ0n) is 13.9. The Balaban J connectivity index is 1.52. The maximum Gasteiger partial charge on any atom is 0.227 e. The predicted molar refractivity (Wildman–Crippen MR) is 94.2 cm³/mol. The van der Waals surface area contributed by atoms with Crippen molar-refractivity contribution < 1.29 is 9.53 Å². The number of aromatic nitrogens is 1. The third kappa shape index (κ3) is 4.04. The van der Waals surface area contributed by atoms with Crippen LogP contribution in [-0.4, -0.2) is 42.0 Å². The van der Waals surface area contributed by atoms with Crippen molar-refractivity contribution in [2.75, 3.05) is 25.5 Å². The number of benzene rings is 1. The molecule has 1 aliphatic heterocycles. The molecule has 1 aromatic carbocycles. The highest BCUT2D eigenvalue weighted by Crippen LogP contribution is 2.20. The number of para-hydroxylation sites is 1. The minimum atomic E-state index is 0.163. The minimum Gasteiger partial charge on any atom is -0.496 e. The van der Waals surface area contributed by atoms with Crippen LogP contribution >= 0.6 is 0 Å². The molecule has 0 atom stereocenters. The van der Waals surface area contributed by atoms with Gasteiger partial charge in [0.2, 0.25) is 5.91 Å². The summed E-state index contributed by atoms with van der Waals surface area (Å²) in [6.07, 6.45) is 4.05. The summed E-state index contributed by atoms with van der Waals surface area (Å²) < 4.78 is 5.33. The molecular weight excluding hydrogens is 302 g/mol. The van der Waals surface area contributed by atoms with E-state index in [1.165, 1.54) is 0 Å². The predicted octanol–water partition coefficient (Wildman–Crippen LogP) is 2.74. The molecule has 0 bridgehead atoms. The number of hydrogen-bond donors (Lipinski definition) is 1. The summed E-state index contributed by atoms with van der Waals surface area (Å²) in [7, 11) is 1.64. The van der Waals surface area contributed by atoms with Gasteiger partial charge in [-0.3, -0.25) is 4.79 Å². The number of piperidine rings is 1. The molecule has 0 radical (unpaired) electrons. The van der Waals surface area contributed by atoms with Gasteiger partial charge in [0, 0.05) is 30.9 Å². The summed E-state index contributed by atoms with van der Waals surface area (Å²) >= 11 is 0. The molecule has 2 aromatic rings. The topological polar surface area (TPSA) is 54.5 Å². The molecule has 0 saturated carbocycles. The lowest BCUT2D eigenvalue weighted by molar-refractivity contribution is -0.131. The quantitative estimate of drug-likeness (QED) is 0.918. The zero-order chi connectivity index (χ0) is 16.8. The monoisotopic (exact) mass is 325 g/mol. The van der Waals surface area contributed by atoms with Crippen LogP contribution in [0.2, 0.25) is 0 Å². The third-order valence-corrected chi connectivity index (χ3v) is 4.40. The highest BCUT2D eigenvalue weighted by molar-refractivity contribution is 5.79. The Morgan fingerprint density at radius 3 is 2.67 bits per heavy atom. The SMILES string of the molecule is COc1ccccc1CC(=O)N1CCC(Nc2ccccn2)CC1. The number of likely N-dealkylation sites (tertiary alicyclic amines) is 1. The molecule has 1 N–H and O–H groups in total. The van der Waals surface area contributed by atoms with Gasteiger partial charge in [0.05, 0.1) is 13.5 Å². The molecule has 5 nitrogen and oxygen atoms in total. The Kier molecular flexibility index (Phi) is 5.31. The van der Waals surface area contributed by atoms with Gasteiger partial charge in [-0.15, -0.1) is 0 Å². The summed E-state index contributed by atoms with van der Waals surface area (Å²) in [5, 5.41) is 3.44. The van der Waals surface area contributed by atoms with Gasteiger partial charge in [-0.25, -0.2) is 4.98 Å². The largest absolute Gasteiger partial charge is 0.496 e. The molecule has 1 amide bonds. The summed E-state index contributed by atoms with van der Waals surface area (Å²) in [6, 6.07) is 13.9. The number of hydrogen-bond acceptors (Lipinski definition) is 4. The molecular formula is C19H23N3O2. The number of rotatable bonds is 5. The summed E-state index contributed by atoms with van der Waals surface area (Å²) in [5.74, 6) is 1.84. The first-order valence-corrected chi connectivity index (χ1v) is 8.33. The number of carbonyl (C=O) groups is 1. The zero-order valence-corrected chi connectivity index (χ0v) is 13.9. The average Bonchev–Trinajstić information content (AvgIpc) is 2.63. The summed E-state index contributed by atoms with van der Waals surface area (Å²) in [5.41, 5.74) is 0.943. The first kappa shape index (κ1) is 16.3. The van der Waals surface area contributed by atoms with E-state index in [0.717, 1.165) is 43.1 Å². The Morgan fingerprint density at radius 1 is 1.21 bits per heavy atom. The average molecular weight is 325 g/mol. The molecule has 3 rings (SSSR count). The Hall–Kier alpha value is -2.56. The lowest BCUT2D eigenvalue weighted by Gasteiger charge is -2.32. The molecule has 0 unspecified atom stereocenters. The van der Waals surface area contributed by atoms with Crippen molar-refractivity contribution in [3.8, 4) is 5.75 Å². The van der Waals surface area contributed by atoms with E-state index >= 15 is 0 Å². The third-order valence-electron chi connectivity index (χ3n) is 4.40. The van der Waals surface area contributed by atoms with E-state index < -0.39 is 0 Å². The Bertz CT molecular complexity index is 667. The lowest BCUT2D eigenvalue weighted by atomic mass is 10.0. The normalized spacial score (nSPS) is 15.1. The van der Waals surface area contributed by atoms with Crippen LogP contribution < -0.4 is 10.1 Å². The molecule has 2 heterocycles. The standard InChI is InChI=1S/C19H23N3O2/c1-24-17-7-3-2-6-15(17)14-19(23)22-12-9-16(10-13-22)21-18-8-4-5-11-20-18/h2-8,11,16H,9-10,12-14H2,1H3,(H,20,21). The van der Waals surface area contributed by atoms with E-state index in [1.807, 2.05) is 47.4 Å². The van der Waals surface area contributed by atoms with Crippen LogP contribution in [0.25, 0.3) is 0 Å². The lowest BCUT2D eigenvalue weighted by Crippen LogP contribution is -2.43. The molecule has 126 valence electrons. The number of pyridine rings is 1. The second-order valence-corrected chi connectivity index (χ2v) is 6.00. The molecule has 1 saturated heterocycles. The fraction of sp³-hybridized carbons (Fsp3) is 0.368. The van der Waals surface area contributed by atoms with Gasteiger partial charge in [-0.1, -0.05) is 24.3 Å². The van der Waals surface area contributed by atoms with Gasteiger partial charge in [-0.05, 0) is 31.0 Å². The van der Waals surface area contributed by atoms with Gasteiger partial charge >= 0.3 is 0 Å². The van der Waals surface area contributed by atoms with Crippen molar-refractivity contribution in [1.82, 2.24) is 9.88 Å². The van der Waals surface area contributed by atoms with Crippen molar-refractivity contribution in [2.24, 2.45) is 0 Å². The first-order chi connectivity index (χ1) is 11.8. The molecule has 24 heavy (non-hydrogen) atoms. The number of nitrogens with zero attached hydrogens (tertiary/aromatic N) is 2. The van der Waals surface area contributed by atoms with Crippen molar-refractivity contribution in [1.29, 1.82) is 0 Å². The van der Waals surface area contributed by atoms with Gasteiger partial charge in [0.25, 0.3) is 0 Å². The number of ether oxygens (including phenoxy) is 1. The van der Waals surface area contributed by atoms with E-state index in [2.05, 4.69) is 10.3 Å². The van der Waals surface area contributed by atoms with Crippen molar-refractivity contribution in [2.45, 2.75) is 25.3 Å². The van der Waals surface area contributed by atoms with Crippen molar-refractivity contribution in [3.05, 3.63) is 54.2 Å². The maximum atomic E-state index is 12.5. The minimum absolute atomic E-state index is 0.163. The number of amides is 1. The van der Waals surface area contributed by atoms with Gasteiger partial charge in [0.1, 0.15) is 11.6 Å². The second kappa shape index (κ2) is 7.81. The van der Waals surface area contributed by atoms with Crippen LogP contribution in [0.3, 0.4) is 0 Å². The Morgan fingerprint density at radius 2 is 1.96 bits per heavy atom. The molecule has 1 fully saturated rings. The van der Waals surface area contributed by atoms with Gasteiger partial charge < -0.3 is 15.0 Å². The van der Waals surface area contributed by atoms with E-state index in [9.17, 15) is 4.79 Å². The molecule has 1 aromatic heterocycles. The number of nitrogens with one attached hydrogen (secondary N) is 1. The van der Waals surface area contributed by atoms with Crippen LogP contribution in [0.15, 0.2) is 48.7 Å². The van der Waals surface area contributed by atoms with E-state index in [-0.39, 0.29) is 5.91 Å². The molecule has 5 heteroatoms. The first-order valence-electron chi connectivity index (χ1n) is 8.33. The summed E-state index contributed by atoms with van der Waals surface area (Å²) in [4.78, 5) is 18.8. The van der Waals surface area contributed by atoms with Crippen LogP contribution in [0.4, 0.5) is 5.82 Å². The Labute approximate surface area is 142 Å². The summed E-state index contributed by atoms with van der Waals surface area (Å²) in [6.45, 7) is 1.55. The van der Waals surface area contributed by atoms with E-state index in [0.29, 0.717) is 12.5 Å². The molecule has 1 aliphatic rings. The van der Waals surface area contributed by atoms with Crippen LogP contribution in [0.1, 0.15) is 18.4 Å². The fourth-order valence-electron chi connectivity index (χ4n) is 3.05. The fourth-order valence-corrected chi connectivity index (χ4v) is 3.05. The van der Waals surface area contributed by atoms with Crippen molar-refractivity contribution in [3.63, 3.8) is 0 Å². The second-order valence-electron chi connectivity index (χ2n) is 6.00. The van der Waals surface area contributed by atoms with Crippen LogP contribution in [-0.2, 0) is 11.2 Å². The number of anilines is 1. The van der Waals surface area contributed by atoms with Gasteiger partial charge in [0.15, 0.2) is 0 Å². The van der Waals surface area contributed by atoms with E-state index in [4.69, 9.17) is 4.74 Å². The van der Waals surface area contributed by atoms with E-state index in [1.54, 1.807) is 13.3 Å².